The summed E-state index contributed by atoms with van der Waals surface area (Å²) in [6, 6.07) is 14.9. The molecule has 162 valence electrons. The number of hydrogen-bond donors (Lipinski definition) is 2. The Balaban J connectivity index is 1.58. The number of amides is 1. The van der Waals surface area contributed by atoms with Gasteiger partial charge in [-0.3, -0.25) is 9.59 Å². The molecule has 0 saturated carbocycles. The number of rotatable bonds is 3. The molecule has 0 spiro atoms. The van der Waals surface area contributed by atoms with Gasteiger partial charge in [-0.25, -0.2) is 9.07 Å². The Kier molecular flexibility index (Phi) is 4.69. The highest BCUT2D eigenvalue weighted by molar-refractivity contribution is 6.08. The molecule has 0 saturated heterocycles. The van der Waals surface area contributed by atoms with Crippen molar-refractivity contribution in [3.8, 4) is 0 Å². The average Bonchev–Trinajstić information content (AvgIpc) is 3.17. The number of halogens is 1. The zero-order valence-corrected chi connectivity index (χ0v) is 17.9. The lowest BCUT2D eigenvalue weighted by atomic mass is 9.73. The van der Waals surface area contributed by atoms with Crippen LogP contribution in [0.4, 0.5) is 15.9 Å². The Labute approximate surface area is 185 Å². The number of allylic oxidation sites excluding steroid dienone is 2. The normalized spacial score (nSPS) is 19.1. The van der Waals surface area contributed by atoms with E-state index in [1.54, 1.807) is 4.68 Å². The summed E-state index contributed by atoms with van der Waals surface area (Å²) in [6.07, 6.45) is 2.66. The van der Waals surface area contributed by atoms with Crippen LogP contribution >= 0.6 is 0 Å². The molecule has 0 radical (unpaired) electrons. The van der Waals surface area contributed by atoms with Crippen LogP contribution in [0, 0.1) is 11.2 Å². The standard InChI is InChI=1S/C25H23FN4O2/c1-25(2)12-19-21(20(31)13-25)22(15-6-4-3-5-7-15)30-23(29-19)18(14-27-30)24(32)28-17-10-8-16(26)9-11-17/h3-11,14,22,29H,12-13H2,1-2H3,(H,28,32). The SMILES string of the molecule is CC1(C)CC(=O)C2=C(C1)Nc1c(C(=O)Nc3ccc(F)cc3)cnn1C2c1ccccc1. The molecule has 2 N–H and O–H groups in total. The first-order chi connectivity index (χ1) is 15.3. The van der Waals surface area contributed by atoms with E-state index in [4.69, 9.17) is 0 Å². The maximum Gasteiger partial charge on any atom is 0.261 e. The van der Waals surface area contributed by atoms with Crippen molar-refractivity contribution in [2.24, 2.45) is 5.41 Å². The molecule has 1 unspecified atom stereocenters. The maximum atomic E-state index is 13.2. The minimum atomic E-state index is -0.404. The summed E-state index contributed by atoms with van der Waals surface area (Å²) >= 11 is 0. The summed E-state index contributed by atoms with van der Waals surface area (Å²) in [7, 11) is 0. The lowest BCUT2D eigenvalue weighted by Gasteiger charge is -2.39. The molecule has 5 rings (SSSR count). The number of Topliss-reactive ketones (excluding diaryl/α,β-unsaturated/α-hetero) is 1. The summed E-state index contributed by atoms with van der Waals surface area (Å²) in [5.41, 5.74) is 3.14. The number of carbonyl (C=O) groups excluding carboxylic acids is 2. The summed E-state index contributed by atoms with van der Waals surface area (Å²) < 4.78 is 14.9. The van der Waals surface area contributed by atoms with Crippen LogP contribution in [0.25, 0.3) is 0 Å². The summed E-state index contributed by atoms with van der Waals surface area (Å²) in [6.45, 7) is 4.14. The van der Waals surface area contributed by atoms with Gasteiger partial charge in [-0.15, -0.1) is 0 Å². The highest BCUT2D eigenvalue weighted by Gasteiger charge is 2.42. The molecule has 2 aromatic carbocycles. The van der Waals surface area contributed by atoms with Gasteiger partial charge in [0.15, 0.2) is 5.78 Å². The van der Waals surface area contributed by atoms with Crippen molar-refractivity contribution in [2.45, 2.75) is 32.7 Å². The van der Waals surface area contributed by atoms with Crippen LogP contribution in [0.15, 0.2) is 72.1 Å². The van der Waals surface area contributed by atoms with Gasteiger partial charge >= 0.3 is 0 Å². The first kappa shape index (κ1) is 20.2. The maximum absolute atomic E-state index is 13.2. The summed E-state index contributed by atoms with van der Waals surface area (Å²) in [4.78, 5) is 26.2. The quantitative estimate of drug-likeness (QED) is 0.618. The van der Waals surface area contributed by atoms with E-state index in [9.17, 15) is 14.0 Å². The van der Waals surface area contributed by atoms with Crippen LogP contribution in [0.3, 0.4) is 0 Å². The largest absolute Gasteiger partial charge is 0.343 e. The van der Waals surface area contributed by atoms with Gasteiger partial charge in [0, 0.05) is 23.4 Å². The third-order valence-corrected chi connectivity index (χ3v) is 5.96. The number of anilines is 2. The number of aromatic nitrogens is 2. The average molecular weight is 430 g/mol. The molecule has 2 aliphatic rings. The van der Waals surface area contributed by atoms with Gasteiger partial charge in [-0.2, -0.15) is 5.10 Å². The molecule has 7 heteroatoms. The Bertz CT molecular complexity index is 1240. The first-order valence-electron chi connectivity index (χ1n) is 10.5. The van der Waals surface area contributed by atoms with Crippen LogP contribution in [-0.4, -0.2) is 21.5 Å². The molecule has 1 atom stereocenters. The van der Waals surface area contributed by atoms with E-state index in [-0.39, 0.29) is 22.9 Å². The van der Waals surface area contributed by atoms with Crippen molar-refractivity contribution in [1.82, 2.24) is 9.78 Å². The molecule has 6 nitrogen and oxygen atoms in total. The number of nitrogens with one attached hydrogen (secondary N) is 2. The van der Waals surface area contributed by atoms with Gasteiger partial charge < -0.3 is 10.6 Å². The van der Waals surface area contributed by atoms with Crippen LogP contribution < -0.4 is 10.6 Å². The van der Waals surface area contributed by atoms with Crippen molar-refractivity contribution in [1.29, 1.82) is 0 Å². The predicted molar refractivity (Wildman–Crippen MR) is 120 cm³/mol. The molecule has 1 aliphatic carbocycles. The Hall–Kier alpha value is -3.74. The zero-order chi connectivity index (χ0) is 22.5. The van der Waals surface area contributed by atoms with Crippen LogP contribution in [-0.2, 0) is 4.79 Å². The van der Waals surface area contributed by atoms with Gasteiger partial charge in [0.05, 0.1) is 6.20 Å². The number of nitrogens with zero attached hydrogens (tertiary/aromatic N) is 2. The van der Waals surface area contributed by atoms with Gasteiger partial charge in [0.1, 0.15) is 23.2 Å². The monoisotopic (exact) mass is 430 g/mol. The topological polar surface area (TPSA) is 76.0 Å². The van der Waals surface area contributed by atoms with Crippen molar-refractivity contribution in [3.05, 3.63) is 89.0 Å². The fourth-order valence-corrected chi connectivity index (χ4v) is 4.55. The molecule has 0 fully saturated rings. The van der Waals surface area contributed by atoms with Crippen LogP contribution in [0.1, 0.15) is 48.7 Å². The van der Waals surface area contributed by atoms with Gasteiger partial charge in [-0.05, 0) is 41.7 Å². The van der Waals surface area contributed by atoms with E-state index in [1.807, 2.05) is 30.3 Å². The molecule has 3 aromatic rings. The predicted octanol–water partition coefficient (Wildman–Crippen LogP) is 4.93. The third-order valence-electron chi connectivity index (χ3n) is 5.96. The van der Waals surface area contributed by atoms with Crippen LogP contribution in [0.2, 0.25) is 0 Å². The van der Waals surface area contributed by atoms with Gasteiger partial charge in [-0.1, -0.05) is 44.2 Å². The van der Waals surface area contributed by atoms with E-state index in [1.165, 1.54) is 30.5 Å². The third kappa shape index (κ3) is 3.49. The second-order valence-electron chi connectivity index (χ2n) is 9.08. The van der Waals surface area contributed by atoms with Crippen molar-refractivity contribution in [3.63, 3.8) is 0 Å². The molecule has 32 heavy (non-hydrogen) atoms. The molecule has 1 aliphatic heterocycles. The van der Waals surface area contributed by atoms with E-state index in [0.717, 1.165) is 11.3 Å². The minimum absolute atomic E-state index is 0.0936. The minimum Gasteiger partial charge on any atom is -0.343 e. The first-order valence-corrected chi connectivity index (χ1v) is 10.5. The number of benzene rings is 2. The number of ketones is 1. The summed E-state index contributed by atoms with van der Waals surface area (Å²) in [5.74, 6) is -0.0938. The highest BCUT2D eigenvalue weighted by Crippen LogP contribution is 2.46. The van der Waals surface area contributed by atoms with Gasteiger partial charge in [0.25, 0.3) is 5.91 Å². The highest BCUT2D eigenvalue weighted by atomic mass is 19.1. The van der Waals surface area contributed by atoms with Gasteiger partial charge in [0.2, 0.25) is 0 Å². The second kappa shape index (κ2) is 7.44. The van der Waals surface area contributed by atoms with E-state index in [2.05, 4.69) is 29.6 Å². The lowest BCUT2D eigenvalue weighted by Crippen LogP contribution is -2.36. The van der Waals surface area contributed by atoms with E-state index < -0.39 is 6.04 Å². The molecular formula is C25H23FN4O2. The fourth-order valence-electron chi connectivity index (χ4n) is 4.55. The summed E-state index contributed by atoms with van der Waals surface area (Å²) in [5, 5.41) is 10.6. The van der Waals surface area contributed by atoms with E-state index >= 15 is 0 Å². The molecule has 1 amide bonds. The Morgan fingerprint density at radius 2 is 1.84 bits per heavy atom. The Morgan fingerprint density at radius 3 is 2.56 bits per heavy atom. The molecule has 1 aromatic heterocycles. The van der Waals surface area contributed by atoms with Crippen molar-refractivity contribution >= 4 is 23.2 Å². The number of hydrogen-bond acceptors (Lipinski definition) is 4. The van der Waals surface area contributed by atoms with E-state index in [0.29, 0.717) is 35.5 Å². The fraction of sp³-hybridized carbons (Fsp3) is 0.240. The van der Waals surface area contributed by atoms with Crippen molar-refractivity contribution in [2.75, 3.05) is 10.6 Å². The zero-order valence-electron chi connectivity index (χ0n) is 17.9. The molecular weight excluding hydrogens is 407 g/mol. The molecule has 0 bridgehead atoms. The lowest BCUT2D eigenvalue weighted by molar-refractivity contribution is -0.118. The number of fused-ring (bicyclic) bond motifs is 1. The Morgan fingerprint density at radius 1 is 1.12 bits per heavy atom. The smallest absolute Gasteiger partial charge is 0.261 e. The second-order valence-corrected chi connectivity index (χ2v) is 9.08. The van der Waals surface area contributed by atoms with Crippen molar-refractivity contribution < 1.29 is 14.0 Å². The van der Waals surface area contributed by atoms with Crippen LogP contribution in [0.5, 0.6) is 0 Å². The molecule has 2 heterocycles. The number of carbonyl (C=O) groups is 2.